The molecular weight excluding hydrogens is 378 g/mol. The lowest BCUT2D eigenvalue weighted by atomic mass is 10.0. The molecule has 6 nitrogen and oxygen atoms in total. The minimum atomic E-state index is 0.0919. The van der Waals surface area contributed by atoms with E-state index in [1.165, 1.54) is 5.56 Å². The lowest BCUT2D eigenvalue weighted by molar-refractivity contribution is 0.0321. The van der Waals surface area contributed by atoms with Gasteiger partial charge in [-0.2, -0.15) is 0 Å². The Balaban J connectivity index is 1.35. The van der Waals surface area contributed by atoms with Crippen molar-refractivity contribution < 1.29 is 14.3 Å². The third-order valence-electron chi connectivity index (χ3n) is 6.04. The highest BCUT2D eigenvalue weighted by atomic mass is 16.5. The highest BCUT2D eigenvalue weighted by Crippen LogP contribution is 2.27. The van der Waals surface area contributed by atoms with Gasteiger partial charge in [-0.05, 0) is 55.5 Å². The van der Waals surface area contributed by atoms with Crippen LogP contribution in [0.4, 0.5) is 0 Å². The number of pyridine rings is 1. The predicted molar refractivity (Wildman–Crippen MR) is 116 cm³/mol. The zero-order valence-electron chi connectivity index (χ0n) is 17.5. The zero-order chi connectivity index (χ0) is 20.6. The summed E-state index contributed by atoms with van der Waals surface area (Å²) in [5.41, 5.74) is 1.95. The van der Waals surface area contributed by atoms with Crippen molar-refractivity contribution in [3.8, 4) is 5.75 Å². The van der Waals surface area contributed by atoms with E-state index in [9.17, 15) is 4.79 Å². The number of likely N-dealkylation sites (tertiary alicyclic amines) is 1. The number of benzene rings is 1. The summed E-state index contributed by atoms with van der Waals surface area (Å²) in [6.45, 7) is 5.70. The molecule has 1 amide bonds. The molecule has 0 aliphatic carbocycles. The minimum Gasteiger partial charge on any atom is -0.491 e. The van der Waals surface area contributed by atoms with Crippen LogP contribution in [0, 0.1) is 0 Å². The van der Waals surface area contributed by atoms with Crippen molar-refractivity contribution in [3.63, 3.8) is 0 Å². The molecule has 4 rings (SSSR count). The first-order valence-electron chi connectivity index (χ1n) is 11.0. The molecule has 0 saturated carbocycles. The normalized spacial score (nSPS) is 19.7. The highest BCUT2D eigenvalue weighted by molar-refractivity contribution is 5.97. The van der Waals surface area contributed by atoms with Crippen molar-refractivity contribution in [2.75, 3.05) is 46.0 Å². The van der Waals surface area contributed by atoms with Gasteiger partial charge in [0.05, 0.1) is 18.8 Å². The fourth-order valence-electron chi connectivity index (χ4n) is 4.32. The second-order valence-electron chi connectivity index (χ2n) is 7.99. The van der Waals surface area contributed by atoms with Crippen molar-refractivity contribution in [2.45, 2.75) is 31.7 Å². The first-order valence-corrected chi connectivity index (χ1v) is 11.0. The molecule has 3 heterocycles. The average Bonchev–Trinajstić information content (AvgIpc) is 3.28. The fraction of sp³-hybridized carbons (Fsp3) is 0.500. The van der Waals surface area contributed by atoms with Crippen molar-refractivity contribution in [3.05, 3.63) is 59.9 Å². The molecule has 6 heteroatoms. The smallest absolute Gasteiger partial charge is 0.257 e. The molecule has 2 aliphatic rings. The molecule has 2 saturated heterocycles. The number of amides is 1. The average molecular weight is 410 g/mol. The minimum absolute atomic E-state index is 0.0919. The molecule has 2 aliphatic heterocycles. The van der Waals surface area contributed by atoms with Gasteiger partial charge in [0.2, 0.25) is 0 Å². The molecule has 30 heavy (non-hydrogen) atoms. The summed E-state index contributed by atoms with van der Waals surface area (Å²) in [7, 11) is 0. The van der Waals surface area contributed by atoms with Crippen molar-refractivity contribution in [2.24, 2.45) is 0 Å². The first-order chi connectivity index (χ1) is 14.8. The number of aromatic nitrogens is 1. The van der Waals surface area contributed by atoms with E-state index in [0.717, 1.165) is 65.1 Å². The Kier molecular flexibility index (Phi) is 7.32. The molecule has 160 valence electrons. The standard InChI is InChI=1S/C24H31N3O3/c28-24(27-13-3-4-21(27)8-7-20-9-11-25-12-10-20)22-5-1-2-6-23(22)30-19-16-26-14-17-29-18-15-26/h1-2,5-6,9-12,21H,3-4,7-8,13-19H2/t21-/m0/s1. The summed E-state index contributed by atoms with van der Waals surface area (Å²) in [5, 5.41) is 0. The number of hydrogen-bond acceptors (Lipinski definition) is 5. The molecule has 0 spiro atoms. The Hall–Kier alpha value is -2.44. The number of rotatable bonds is 8. The Labute approximate surface area is 178 Å². The van der Waals surface area contributed by atoms with Crippen LogP contribution in [-0.2, 0) is 11.2 Å². The molecule has 2 aromatic rings. The second kappa shape index (κ2) is 10.5. The second-order valence-corrected chi connectivity index (χ2v) is 7.99. The number of carbonyl (C=O) groups is 1. The van der Waals surface area contributed by atoms with Crippen molar-refractivity contribution >= 4 is 5.91 Å². The van der Waals surface area contributed by atoms with Crippen LogP contribution in [0.2, 0.25) is 0 Å². The summed E-state index contributed by atoms with van der Waals surface area (Å²) in [5.74, 6) is 0.782. The lowest BCUT2D eigenvalue weighted by Crippen LogP contribution is -2.39. The van der Waals surface area contributed by atoms with E-state index in [2.05, 4.69) is 22.0 Å². The lowest BCUT2D eigenvalue weighted by Gasteiger charge is -2.27. The van der Waals surface area contributed by atoms with Crippen LogP contribution >= 0.6 is 0 Å². The van der Waals surface area contributed by atoms with Crippen LogP contribution in [0.1, 0.15) is 35.2 Å². The predicted octanol–water partition coefficient (Wildman–Crippen LogP) is 3.03. The van der Waals surface area contributed by atoms with Gasteiger partial charge in [0.15, 0.2) is 0 Å². The highest BCUT2D eigenvalue weighted by Gasteiger charge is 2.30. The van der Waals surface area contributed by atoms with Gasteiger partial charge in [-0.3, -0.25) is 14.7 Å². The molecular formula is C24H31N3O3. The monoisotopic (exact) mass is 409 g/mol. The zero-order valence-corrected chi connectivity index (χ0v) is 17.5. The van der Waals surface area contributed by atoms with Gasteiger partial charge in [0.25, 0.3) is 5.91 Å². The first kappa shape index (κ1) is 20.8. The maximum Gasteiger partial charge on any atom is 0.257 e. The van der Waals surface area contributed by atoms with E-state index < -0.39 is 0 Å². The maximum absolute atomic E-state index is 13.4. The van der Waals surface area contributed by atoms with Crippen LogP contribution in [0.3, 0.4) is 0 Å². The number of aryl methyl sites for hydroxylation is 1. The summed E-state index contributed by atoms with van der Waals surface area (Å²) in [6.07, 6.45) is 7.74. The quantitative estimate of drug-likeness (QED) is 0.671. The van der Waals surface area contributed by atoms with Crippen LogP contribution in [0.25, 0.3) is 0 Å². The van der Waals surface area contributed by atoms with Gasteiger partial charge in [0.1, 0.15) is 12.4 Å². The van der Waals surface area contributed by atoms with Gasteiger partial charge in [-0.15, -0.1) is 0 Å². The van der Waals surface area contributed by atoms with Crippen LogP contribution in [-0.4, -0.2) is 72.7 Å². The van der Waals surface area contributed by atoms with Crippen molar-refractivity contribution in [1.82, 2.24) is 14.8 Å². The van der Waals surface area contributed by atoms with E-state index in [0.29, 0.717) is 17.9 Å². The number of nitrogens with zero attached hydrogens (tertiary/aromatic N) is 3. The number of hydrogen-bond donors (Lipinski definition) is 0. The topological polar surface area (TPSA) is 54.9 Å². The van der Waals surface area contributed by atoms with Crippen LogP contribution in [0.5, 0.6) is 5.75 Å². The van der Waals surface area contributed by atoms with E-state index >= 15 is 0 Å². The van der Waals surface area contributed by atoms with Crippen molar-refractivity contribution in [1.29, 1.82) is 0 Å². The van der Waals surface area contributed by atoms with Gasteiger partial charge >= 0.3 is 0 Å². The molecule has 1 atom stereocenters. The number of ether oxygens (including phenoxy) is 2. The van der Waals surface area contributed by atoms with Crippen LogP contribution < -0.4 is 4.74 Å². The Morgan fingerprint density at radius 1 is 1.10 bits per heavy atom. The van der Waals surface area contributed by atoms with E-state index in [-0.39, 0.29) is 11.9 Å². The number of morpholine rings is 1. The number of carbonyl (C=O) groups excluding carboxylic acids is 1. The molecule has 0 bridgehead atoms. The van der Waals surface area contributed by atoms with E-state index in [1.807, 2.05) is 41.6 Å². The number of para-hydroxylation sites is 1. The molecule has 1 aromatic carbocycles. The molecule has 0 unspecified atom stereocenters. The van der Waals surface area contributed by atoms with Gasteiger partial charge in [-0.25, -0.2) is 0 Å². The summed E-state index contributed by atoms with van der Waals surface area (Å²) < 4.78 is 11.4. The molecule has 2 fully saturated rings. The third kappa shape index (κ3) is 5.37. The molecule has 1 aromatic heterocycles. The van der Waals surface area contributed by atoms with Gasteiger partial charge in [-0.1, -0.05) is 12.1 Å². The summed E-state index contributed by atoms with van der Waals surface area (Å²) >= 11 is 0. The molecule has 0 radical (unpaired) electrons. The van der Waals surface area contributed by atoms with Crippen LogP contribution in [0.15, 0.2) is 48.8 Å². The Morgan fingerprint density at radius 3 is 2.73 bits per heavy atom. The SMILES string of the molecule is O=C(c1ccccc1OCCN1CCOCC1)N1CCC[C@H]1CCc1ccncc1. The van der Waals surface area contributed by atoms with E-state index in [4.69, 9.17) is 9.47 Å². The fourth-order valence-corrected chi connectivity index (χ4v) is 4.32. The third-order valence-corrected chi connectivity index (χ3v) is 6.04. The largest absolute Gasteiger partial charge is 0.491 e. The van der Waals surface area contributed by atoms with Gasteiger partial charge in [0, 0.05) is 44.6 Å². The summed E-state index contributed by atoms with van der Waals surface area (Å²) in [4.78, 5) is 21.8. The maximum atomic E-state index is 13.4. The Morgan fingerprint density at radius 2 is 1.90 bits per heavy atom. The van der Waals surface area contributed by atoms with E-state index in [1.54, 1.807) is 0 Å². The van der Waals surface area contributed by atoms with Gasteiger partial charge < -0.3 is 14.4 Å². The summed E-state index contributed by atoms with van der Waals surface area (Å²) in [6, 6.07) is 12.1. The molecule has 0 N–H and O–H groups in total. The Bertz CT molecular complexity index is 808.